The van der Waals surface area contributed by atoms with Gasteiger partial charge >= 0.3 is 5.97 Å². The maximum absolute atomic E-state index is 13.3. The SMILES string of the molecule is NC(CCC(=O)O)c1ccc(F)c2c1OCO2. The van der Waals surface area contributed by atoms with Crippen LogP contribution in [0, 0.1) is 5.82 Å². The molecule has 1 aliphatic heterocycles. The second-order valence-electron chi connectivity index (χ2n) is 3.74. The van der Waals surface area contributed by atoms with Gasteiger partial charge in [0, 0.05) is 18.0 Å². The highest BCUT2D eigenvalue weighted by molar-refractivity contribution is 5.66. The number of carboxylic acid groups (broad SMARTS) is 1. The molecule has 2 rings (SSSR count). The monoisotopic (exact) mass is 241 g/mol. The molecule has 1 aliphatic rings. The number of aliphatic carboxylic acids is 1. The van der Waals surface area contributed by atoms with E-state index >= 15 is 0 Å². The van der Waals surface area contributed by atoms with Crippen molar-refractivity contribution >= 4 is 5.97 Å². The van der Waals surface area contributed by atoms with Gasteiger partial charge in [-0.25, -0.2) is 4.39 Å². The second kappa shape index (κ2) is 4.58. The maximum Gasteiger partial charge on any atom is 0.303 e. The van der Waals surface area contributed by atoms with E-state index in [1.54, 1.807) is 0 Å². The van der Waals surface area contributed by atoms with Gasteiger partial charge in [0.15, 0.2) is 11.6 Å². The number of halogens is 1. The van der Waals surface area contributed by atoms with Crippen LogP contribution in [0.25, 0.3) is 0 Å². The first-order chi connectivity index (χ1) is 8.09. The van der Waals surface area contributed by atoms with Gasteiger partial charge in [0.05, 0.1) is 0 Å². The summed E-state index contributed by atoms with van der Waals surface area (Å²) < 4.78 is 23.4. The largest absolute Gasteiger partial charge is 0.481 e. The van der Waals surface area contributed by atoms with Gasteiger partial charge in [-0.05, 0) is 12.5 Å². The van der Waals surface area contributed by atoms with Crippen molar-refractivity contribution in [2.24, 2.45) is 5.73 Å². The average Bonchev–Trinajstić information content (AvgIpc) is 2.76. The molecule has 0 fully saturated rings. The van der Waals surface area contributed by atoms with Crippen LogP contribution in [0.3, 0.4) is 0 Å². The van der Waals surface area contributed by atoms with E-state index in [0.717, 1.165) is 0 Å². The summed E-state index contributed by atoms with van der Waals surface area (Å²) in [5, 5.41) is 8.58. The molecule has 6 heteroatoms. The number of hydrogen-bond donors (Lipinski definition) is 2. The third kappa shape index (κ3) is 2.31. The lowest BCUT2D eigenvalue weighted by Gasteiger charge is -2.13. The molecule has 92 valence electrons. The van der Waals surface area contributed by atoms with Gasteiger partial charge in [0.25, 0.3) is 0 Å². The Morgan fingerprint density at radius 3 is 2.88 bits per heavy atom. The number of carbonyl (C=O) groups is 1. The van der Waals surface area contributed by atoms with Crippen LogP contribution < -0.4 is 15.2 Å². The van der Waals surface area contributed by atoms with Crippen LogP contribution >= 0.6 is 0 Å². The molecule has 1 unspecified atom stereocenters. The van der Waals surface area contributed by atoms with Crippen LogP contribution in [-0.2, 0) is 4.79 Å². The van der Waals surface area contributed by atoms with E-state index in [9.17, 15) is 9.18 Å². The van der Waals surface area contributed by atoms with Crippen molar-refractivity contribution in [3.8, 4) is 11.5 Å². The van der Waals surface area contributed by atoms with E-state index in [1.165, 1.54) is 12.1 Å². The van der Waals surface area contributed by atoms with Crippen molar-refractivity contribution in [2.45, 2.75) is 18.9 Å². The molecule has 17 heavy (non-hydrogen) atoms. The lowest BCUT2D eigenvalue weighted by Crippen LogP contribution is -2.13. The molecule has 0 aliphatic carbocycles. The summed E-state index contributed by atoms with van der Waals surface area (Å²) >= 11 is 0. The predicted octanol–water partition coefficient (Wildman–Crippen LogP) is 1.42. The zero-order chi connectivity index (χ0) is 12.4. The second-order valence-corrected chi connectivity index (χ2v) is 3.74. The lowest BCUT2D eigenvalue weighted by atomic mass is 10.0. The van der Waals surface area contributed by atoms with Gasteiger partial charge in [0.2, 0.25) is 12.5 Å². The van der Waals surface area contributed by atoms with Gasteiger partial charge in [0.1, 0.15) is 0 Å². The topological polar surface area (TPSA) is 81.8 Å². The molecule has 0 bridgehead atoms. The van der Waals surface area contributed by atoms with Crippen LogP contribution in [0.2, 0.25) is 0 Å². The zero-order valence-corrected chi connectivity index (χ0v) is 8.98. The standard InChI is InChI=1S/C11H12FNO4/c12-7-2-1-6(8(13)3-4-9(14)15)10-11(7)17-5-16-10/h1-2,8H,3-5,13H2,(H,14,15). The highest BCUT2D eigenvalue weighted by Crippen LogP contribution is 2.40. The number of hydrogen-bond acceptors (Lipinski definition) is 4. The van der Waals surface area contributed by atoms with Gasteiger partial charge in [-0.15, -0.1) is 0 Å². The van der Waals surface area contributed by atoms with E-state index < -0.39 is 17.8 Å². The van der Waals surface area contributed by atoms with E-state index in [-0.39, 0.29) is 31.1 Å². The molecule has 1 aromatic carbocycles. The highest BCUT2D eigenvalue weighted by atomic mass is 19.1. The van der Waals surface area contributed by atoms with Crippen LogP contribution in [0.4, 0.5) is 4.39 Å². The van der Waals surface area contributed by atoms with Gasteiger partial charge in [-0.2, -0.15) is 0 Å². The summed E-state index contributed by atoms with van der Waals surface area (Å²) in [6.07, 6.45) is 0.213. The third-order valence-electron chi connectivity index (χ3n) is 2.57. The summed E-state index contributed by atoms with van der Waals surface area (Å²) in [5.74, 6) is -1.10. The quantitative estimate of drug-likeness (QED) is 0.833. The maximum atomic E-state index is 13.3. The van der Waals surface area contributed by atoms with Crippen LogP contribution in [-0.4, -0.2) is 17.9 Å². The molecule has 0 radical (unpaired) electrons. The van der Waals surface area contributed by atoms with Crippen molar-refractivity contribution in [1.29, 1.82) is 0 Å². The number of nitrogens with two attached hydrogens (primary N) is 1. The smallest absolute Gasteiger partial charge is 0.303 e. The Labute approximate surface area is 96.9 Å². The van der Waals surface area contributed by atoms with Crippen molar-refractivity contribution in [2.75, 3.05) is 6.79 Å². The first-order valence-corrected chi connectivity index (χ1v) is 5.15. The fraction of sp³-hybridized carbons (Fsp3) is 0.364. The molecule has 0 saturated heterocycles. The molecule has 0 amide bonds. The summed E-state index contributed by atoms with van der Waals surface area (Å²) in [6, 6.07) is 2.22. The predicted molar refractivity (Wildman–Crippen MR) is 56.3 cm³/mol. The molecular weight excluding hydrogens is 229 g/mol. The van der Waals surface area contributed by atoms with Gasteiger partial charge in [-0.1, -0.05) is 6.07 Å². The number of benzene rings is 1. The summed E-state index contributed by atoms with van der Waals surface area (Å²) in [7, 11) is 0. The number of rotatable bonds is 4. The van der Waals surface area contributed by atoms with Crippen LogP contribution in [0.1, 0.15) is 24.4 Å². The Balaban J connectivity index is 2.21. The Hall–Kier alpha value is -1.82. The van der Waals surface area contributed by atoms with Crippen molar-refractivity contribution in [3.05, 3.63) is 23.5 Å². The van der Waals surface area contributed by atoms with Crippen molar-refractivity contribution in [1.82, 2.24) is 0 Å². The number of ether oxygens (including phenoxy) is 2. The van der Waals surface area contributed by atoms with E-state index in [1.807, 2.05) is 0 Å². The van der Waals surface area contributed by atoms with Crippen molar-refractivity contribution < 1.29 is 23.8 Å². The van der Waals surface area contributed by atoms with Gasteiger partial charge < -0.3 is 20.3 Å². The lowest BCUT2D eigenvalue weighted by molar-refractivity contribution is -0.137. The summed E-state index contributed by atoms with van der Waals surface area (Å²) in [4.78, 5) is 10.5. The summed E-state index contributed by atoms with van der Waals surface area (Å²) in [5.41, 5.74) is 6.41. The normalized spacial score (nSPS) is 14.7. The zero-order valence-electron chi connectivity index (χ0n) is 8.98. The first-order valence-electron chi connectivity index (χ1n) is 5.15. The molecule has 5 nitrogen and oxygen atoms in total. The molecule has 0 spiro atoms. The highest BCUT2D eigenvalue weighted by Gasteiger charge is 2.25. The Morgan fingerprint density at radius 2 is 2.18 bits per heavy atom. The first kappa shape index (κ1) is 11.7. The molecule has 1 heterocycles. The van der Waals surface area contributed by atoms with Gasteiger partial charge in [-0.3, -0.25) is 4.79 Å². The Kier molecular flexibility index (Phi) is 3.14. The summed E-state index contributed by atoms with van der Waals surface area (Å²) in [6.45, 7) is -0.0467. The molecule has 1 aromatic rings. The molecule has 0 saturated carbocycles. The van der Waals surface area contributed by atoms with E-state index in [0.29, 0.717) is 5.56 Å². The minimum absolute atomic E-state index is 0.0467. The van der Waals surface area contributed by atoms with Crippen LogP contribution in [0.15, 0.2) is 12.1 Å². The average molecular weight is 241 g/mol. The molecular formula is C11H12FNO4. The number of carboxylic acids is 1. The third-order valence-corrected chi connectivity index (χ3v) is 2.57. The Morgan fingerprint density at radius 1 is 1.47 bits per heavy atom. The fourth-order valence-corrected chi connectivity index (χ4v) is 1.71. The molecule has 3 N–H and O–H groups in total. The van der Waals surface area contributed by atoms with Crippen LogP contribution in [0.5, 0.6) is 11.5 Å². The van der Waals surface area contributed by atoms with E-state index in [4.69, 9.17) is 20.3 Å². The minimum atomic E-state index is -0.920. The van der Waals surface area contributed by atoms with E-state index in [2.05, 4.69) is 0 Å². The number of fused-ring (bicyclic) bond motifs is 1. The Bertz CT molecular complexity index is 449. The fourth-order valence-electron chi connectivity index (χ4n) is 1.71. The molecule has 1 atom stereocenters. The minimum Gasteiger partial charge on any atom is -0.481 e. The molecule has 0 aromatic heterocycles. The van der Waals surface area contributed by atoms with Crippen molar-refractivity contribution in [3.63, 3.8) is 0 Å².